The SMILES string of the molecule is O=C(O)C=Cc1cc([N+](=O)[O-])co1. The molecular formula is C7H5NO5. The average Bonchev–Trinajstić information content (AvgIpc) is 2.48. The van der Waals surface area contributed by atoms with Crippen LogP contribution in [-0.2, 0) is 4.79 Å². The largest absolute Gasteiger partial charge is 0.478 e. The lowest BCUT2D eigenvalue weighted by atomic mass is 10.4. The Kier molecular flexibility index (Phi) is 2.44. The molecule has 0 radical (unpaired) electrons. The Morgan fingerprint density at radius 1 is 1.69 bits per heavy atom. The van der Waals surface area contributed by atoms with E-state index in [1.54, 1.807) is 0 Å². The smallest absolute Gasteiger partial charge is 0.328 e. The topological polar surface area (TPSA) is 93.6 Å². The van der Waals surface area contributed by atoms with E-state index in [2.05, 4.69) is 4.42 Å². The van der Waals surface area contributed by atoms with Crippen molar-refractivity contribution in [1.29, 1.82) is 0 Å². The van der Waals surface area contributed by atoms with Gasteiger partial charge in [0, 0.05) is 6.08 Å². The van der Waals surface area contributed by atoms with Crippen molar-refractivity contribution in [1.82, 2.24) is 0 Å². The van der Waals surface area contributed by atoms with Gasteiger partial charge in [-0.25, -0.2) is 4.79 Å². The minimum absolute atomic E-state index is 0.133. The number of carbonyl (C=O) groups is 1. The number of nitrogens with zero attached hydrogens (tertiary/aromatic N) is 1. The fourth-order valence-corrected chi connectivity index (χ4v) is 0.679. The van der Waals surface area contributed by atoms with Crippen molar-refractivity contribution in [2.75, 3.05) is 0 Å². The number of nitro groups is 1. The van der Waals surface area contributed by atoms with Gasteiger partial charge < -0.3 is 9.52 Å². The van der Waals surface area contributed by atoms with Gasteiger partial charge in [0.25, 0.3) is 0 Å². The van der Waals surface area contributed by atoms with Crippen molar-refractivity contribution in [3.63, 3.8) is 0 Å². The van der Waals surface area contributed by atoms with Crippen molar-refractivity contribution < 1.29 is 19.2 Å². The van der Waals surface area contributed by atoms with Crippen molar-refractivity contribution >= 4 is 17.7 Å². The lowest BCUT2D eigenvalue weighted by molar-refractivity contribution is -0.385. The molecule has 0 spiro atoms. The second-order valence-electron chi connectivity index (χ2n) is 2.14. The van der Waals surface area contributed by atoms with E-state index in [0.717, 1.165) is 24.5 Å². The highest BCUT2D eigenvalue weighted by Crippen LogP contribution is 2.16. The van der Waals surface area contributed by atoms with Gasteiger partial charge in [0.2, 0.25) is 0 Å². The van der Waals surface area contributed by atoms with E-state index >= 15 is 0 Å². The molecule has 0 saturated carbocycles. The normalized spacial score (nSPS) is 10.5. The maximum Gasteiger partial charge on any atom is 0.328 e. The second kappa shape index (κ2) is 3.53. The highest BCUT2D eigenvalue weighted by molar-refractivity contribution is 5.84. The number of hydrogen-bond donors (Lipinski definition) is 1. The van der Waals surface area contributed by atoms with E-state index < -0.39 is 10.9 Å². The van der Waals surface area contributed by atoms with E-state index in [4.69, 9.17) is 5.11 Å². The van der Waals surface area contributed by atoms with E-state index in [9.17, 15) is 14.9 Å². The number of rotatable bonds is 3. The van der Waals surface area contributed by atoms with Crippen LogP contribution in [0.15, 0.2) is 22.8 Å². The van der Waals surface area contributed by atoms with Crippen LogP contribution in [0.2, 0.25) is 0 Å². The van der Waals surface area contributed by atoms with Crippen molar-refractivity contribution in [2.45, 2.75) is 0 Å². The fourth-order valence-electron chi connectivity index (χ4n) is 0.679. The van der Waals surface area contributed by atoms with E-state index in [1.165, 1.54) is 0 Å². The highest BCUT2D eigenvalue weighted by Gasteiger charge is 2.08. The molecule has 6 heteroatoms. The predicted molar refractivity (Wildman–Crippen MR) is 42.0 cm³/mol. The standard InChI is InChI=1S/C7H5NO5/c9-7(10)2-1-6-3-5(4-13-6)8(11)12/h1-4H,(H,9,10). The molecular weight excluding hydrogens is 178 g/mol. The van der Waals surface area contributed by atoms with Crippen LogP contribution in [0.1, 0.15) is 5.76 Å². The van der Waals surface area contributed by atoms with Crippen molar-refractivity contribution in [2.24, 2.45) is 0 Å². The number of hydrogen-bond acceptors (Lipinski definition) is 4. The molecule has 1 N–H and O–H groups in total. The molecule has 1 aromatic heterocycles. The summed E-state index contributed by atoms with van der Waals surface area (Å²) < 4.78 is 4.68. The molecule has 0 aliphatic carbocycles. The number of carboxylic acid groups (broad SMARTS) is 1. The molecule has 13 heavy (non-hydrogen) atoms. The summed E-state index contributed by atoms with van der Waals surface area (Å²) >= 11 is 0. The summed E-state index contributed by atoms with van der Waals surface area (Å²) in [5.74, 6) is -1.01. The van der Waals surface area contributed by atoms with Gasteiger partial charge in [0.15, 0.2) is 6.26 Å². The van der Waals surface area contributed by atoms with Crippen LogP contribution in [0, 0.1) is 10.1 Å². The van der Waals surface area contributed by atoms with Crippen molar-refractivity contribution in [3.8, 4) is 0 Å². The summed E-state index contributed by atoms with van der Waals surface area (Å²) in [5, 5.41) is 18.4. The van der Waals surface area contributed by atoms with E-state index in [-0.39, 0.29) is 11.4 Å². The van der Waals surface area contributed by atoms with E-state index in [0.29, 0.717) is 0 Å². The van der Waals surface area contributed by atoms with Gasteiger partial charge >= 0.3 is 11.7 Å². The lowest BCUT2D eigenvalue weighted by Crippen LogP contribution is -1.85. The molecule has 1 rings (SSSR count). The molecule has 0 aliphatic heterocycles. The van der Waals surface area contributed by atoms with Crippen LogP contribution in [0.25, 0.3) is 6.08 Å². The fraction of sp³-hybridized carbons (Fsp3) is 0. The Hall–Kier alpha value is -2.11. The van der Waals surface area contributed by atoms with Crippen LogP contribution in [-0.4, -0.2) is 16.0 Å². The minimum atomic E-state index is -1.14. The number of carboxylic acids is 1. The molecule has 0 bridgehead atoms. The Bertz CT molecular complexity index is 365. The van der Waals surface area contributed by atoms with Gasteiger partial charge in [-0.2, -0.15) is 0 Å². The van der Waals surface area contributed by atoms with Gasteiger partial charge in [-0.15, -0.1) is 0 Å². The monoisotopic (exact) mass is 183 g/mol. The van der Waals surface area contributed by atoms with Crippen LogP contribution >= 0.6 is 0 Å². The van der Waals surface area contributed by atoms with Crippen LogP contribution in [0.3, 0.4) is 0 Å². The molecule has 0 atom stereocenters. The van der Waals surface area contributed by atoms with Gasteiger partial charge in [-0.05, 0) is 6.08 Å². The summed E-state index contributed by atoms with van der Waals surface area (Å²) in [6, 6.07) is 1.14. The predicted octanol–water partition coefficient (Wildman–Crippen LogP) is 1.29. The molecule has 68 valence electrons. The first-order valence-corrected chi connectivity index (χ1v) is 3.23. The second-order valence-corrected chi connectivity index (χ2v) is 2.14. The Morgan fingerprint density at radius 2 is 2.38 bits per heavy atom. The first-order valence-electron chi connectivity index (χ1n) is 3.23. The number of furan rings is 1. The Balaban J connectivity index is 2.80. The van der Waals surface area contributed by atoms with Gasteiger partial charge in [0.1, 0.15) is 5.76 Å². The maximum absolute atomic E-state index is 10.2. The molecule has 1 heterocycles. The lowest BCUT2D eigenvalue weighted by Gasteiger charge is -1.79. The third-order valence-electron chi connectivity index (χ3n) is 1.21. The Labute approximate surface area is 72.2 Å². The first kappa shape index (κ1) is 8.98. The summed E-state index contributed by atoms with van der Waals surface area (Å²) in [4.78, 5) is 19.6. The average molecular weight is 183 g/mol. The maximum atomic E-state index is 10.2. The summed E-state index contributed by atoms with van der Waals surface area (Å²) in [6.07, 6.45) is 2.92. The van der Waals surface area contributed by atoms with Crippen LogP contribution < -0.4 is 0 Å². The zero-order valence-corrected chi connectivity index (χ0v) is 6.34. The minimum Gasteiger partial charge on any atom is -0.478 e. The van der Waals surface area contributed by atoms with Crippen molar-refractivity contribution in [3.05, 3.63) is 34.3 Å². The molecule has 0 saturated heterocycles. The number of aliphatic carboxylic acids is 1. The van der Waals surface area contributed by atoms with Crippen LogP contribution in [0.5, 0.6) is 0 Å². The summed E-state index contributed by atoms with van der Waals surface area (Å²) in [6.45, 7) is 0. The van der Waals surface area contributed by atoms with Gasteiger partial charge in [-0.1, -0.05) is 0 Å². The third-order valence-corrected chi connectivity index (χ3v) is 1.21. The van der Waals surface area contributed by atoms with E-state index in [1.807, 2.05) is 0 Å². The van der Waals surface area contributed by atoms with Gasteiger partial charge in [-0.3, -0.25) is 10.1 Å². The summed E-state index contributed by atoms with van der Waals surface area (Å²) in [7, 11) is 0. The highest BCUT2D eigenvalue weighted by atomic mass is 16.6. The quantitative estimate of drug-likeness (QED) is 0.432. The molecule has 1 aromatic rings. The first-order chi connectivity index (χ1) is 6.09. The molecule has 0 amide bonds. The van der Waals surface area contributed by atoms with Crippen LogP contribution in [0.4, 0.5) is 5.69 Å². The molecule has 0 aromatic carbocycles. The zero-order valence-electron chi connectivity index (χ0n) is 6.34. The Morgan fingerprint density at radius 3 is 2.85 bits per heavy atom. The molecule has 0 aliphatic rings. The third kappa shape index (κ3) is 2.44. The molecule has 0 unspecified atom stereocenters. The molecule has 0 fully saturated rings. The summed E-state index contributed by atoms with van der Waals surface area (Å²) in [5.41, 5.74) is -0.204. The zero-order chi connectivity index (χ0) is 9.84. The van der Waals surface area contributed by atoms with Gasteiger partial charge in [0.05, 0.1) is 11.0 Å². The molecule has 6 nitrogen and oxygen atoms in total.